The smallest absolute Gasteiger partial charge is 0.305 e. The number of rotatable bonds is 17. The van der Waals surface area contributed by atoms with E-state index in [0.717, 1.165) is 37.5 Å². The Morgan fingerprint density at radius 3 is 1.73 bits per heavy atom. The largest absolute Gasteiger partial charge is 0.463 e. The number of carbonyl (C=O) groups excluding carboxylic acids is 1. The minimum Gasteiger partial charge on any atom is -0.463 e. The monoisotopic (exact) mass is 620 g/mol. The Morgan fingerprint density at radius 1 is 0.659 bits per heavy atom. The highest BCUT2D eigenvalue weighted by Gasteiger charge is 2.43. The Hall–Kier alpha value is -0.730. The van der Waals surface area contributed by atoms with Gasteiger partial charge in [-0.3, -0.25) is 20.7 Å². The number of aliphatic hydroxyl groups excluding tert-OH is 1. The number of unbranched alkanes of at least 4 members (excludes halogenated alkanes) is 8. The molecule has 1 saturated heterocycles. The molecular weight excluding hydrogens is 550 g/mol. The molecule has 256 valence electrons. The van der Waals surface area contributed by atoms with Gasteiger partial charge in [-0.05, 0) is 75.0 Å². The number of esters is 1. The zero-order valence-electron chi connectivity index (χ0n) is 28.7. The Kier molecular flexibility index (Phi) is 16.3. The van der Waals surface area contributed by atoms with Crippen LogP contribution < -0.4 is 16.0 Å². The van der Waals surface area contributed by atoms with E-state index in [1.807, 2.05) is 0 Å². The minimum atomic E-state index is -0.398. The van der Waals surface area contributed by atoms with Gasteiger partial charge in [-0.15, -0.1) is 0 Å². The molecule has 4 N–H and O–H groups in total. The van der Waals surface area contributed by atoms with E-state index in [1.54, 1.807) is 0 Å². The average Bonchev–Trinajstić information content (AvgIpc) is 3.03. The highest BCUT2D eigenvalue weighted by molar-refractivity contribution is 5.69. The fourth-order valence-electron chi connectivity index (χ4n) is 8.45. The van der Waals surface area contributed by atoms with Crippen LogP contribution in [0.15, 0.2) is 0 Å². The SMILES string of the molecule is CCCCCCCCCCCC(=O)OCCOC1CCC(C2NC(C3CCC(C)CC3)NC(C3CCC(C)CC3)N2)C(O)C1. The second kappa shape index (κ2) is 19.8. The van der Waals surface area contributed by atoms with Crippen LogP contribution in [0.4, 0.5) is 0 Å². The van der Waals surface area contributed by atoms with E-state index in [4.69, 9.17) is 9.47 Å². The minimum absolute atomic E-state index is 0.0326. The third-order valence-corrected chi connectivity index (χ3v) is 11.6. The fourth-order valence-corrected chi connectivity index (χ4v) is 8.45. The van der Waals surface area contributed by atoms with Crippen LogP contribution in [0.1, 0.15) is 156 Å². The van der Waals surface area contributed by atoms with Crippen molar-refractivity contribution in [2.24, 2.45) is 29.6 Å². The fraction of sp³-hybridized carbons (Fsp3) is 0.973. The molecule has 7 heteroatoms. The van der Waals surface area contributed by atoms with Crippen LogP contribution in [-0.4, -0.2) is 55.0 Å². The van der Waals surface area contributed by atoms with E-state index < -0.39 is 6.10 Å². The second-order valence-electron chi connectivity index (χ2n) is 15.3. The van der Waals surface area contributed by atoms with E-state index in [0.29, 0.717) is 50.2 Å². The molecule has 0 bridgehead atoms. The van der Waals surface area contributed by atoms with Crippen molar-refractivity contribution in [1.29, 1.82) is 0 Å². The van der Waals surface area contributed by atoms with Crippen molar-refractivity contribution in [3.8, 4) is 0 Å². The van der Waals surface area contributed by atoms with Gasteiger partial charge in [0.1, 0.15) is 6.61 Å². The zero-order valence-corrected chi connectivity index (χ0v) is 28.7. The van der Waals surface area contributed by atoms with Gasteiger partial charge in [0.05, 0.1) is 37.3 Å². The van der Waals surface area contributed by atoms with Crippen molar-refractivity contribution >= 4 is 5.97 Å². The van der Waals surface area contributed by atoms with Crippen LogP contribution in [0.25, 0.3) is 0 Å². The van der Waals surface area contributed by atoms with Crippen LogP contribution in [0.3, 0.4) is 0 Å². The molecule has 4 aliphatic rings. The van der Waals surface area contributed by atoms with Gasteiger partial charge in [0.15, 0.2) is 0 Å². The maximum Gasteiger partial charge on any atom is 0.305 e. The molecule has 4 fully saturated rings. The molecule has 4 rings (SSSR count). The molecule has 5 atom stereocenters. The summed E-state index contributed by atoms with van der Waals surface area (Å²) in [5.41, 5.74) is 0. The Balaban J connectivity index is 1.14. The lowest BCUT2D eigenvalue weighted by atomic mass is 9.77. The maximum atomic E-state index is 12.1. The zero-order chi connectivity index (χ0) is 31.1. The van der Waals surface area contributed by atoms with E-state index >= 15 is 0 Å². The lowest BCUT2D eigenvalue weighted by molar-refractivity contribution is -0.147. The number of hydrogen-bond acceptors (Lipinski definition) is 7. The predicted molar refractivity (Wildman–Crippen MR) is 179 cm³/mol. The molecule has 0 aromatic carbocycles. The highest BCUT2D eigenvalue weighted by Crippen LogP contribution is 2.36. The molecule has 0 aromatic rings. The summed E-state index contributed by atoms with van der Waals surface area (Å²) >= 11 is 0. The standard InChI is InChI=1S/C37H69N3O4/c1-4-5-6-7-8-9-10-11-12-13-34(42)44-25-24-43-31-22-23-32(33(41)26-31)37-39-35(29-18-14-27(2)15-19-29)38-36(40-37)30-20-16-28(3)17-21-30/h27-33,35-41H,4-26H2,1-3H3. The van der Waals surface area contributed by atoms with Crippen molar-refractivity contribution in [3.63, 3.8) is 0 Å². The molecule has 3 saturated carbocycles. The molecule has 44 heavy (non-hydrogen) atoms. The number of ether oxygens (including phenoxy) is 2. The quantitative estimate of drug-likeness (QED) is 0.0995. The molecular formula is C37H69N3O4. The summed E-state index contributed by atoms with van der Waals surface area (Å²) in [4.78, 5) is 12.1. The third kappa shape index (κ3) is 12.1. The molecule has 0 aromatic heterocycles. The number of aliphatic hydroxyl groups is 1. The van der Waals surface area contributed by atoms with Crippen LogP contribution in [0.2, 0.25) is 0 Å². The lowest BCUT2D eigenvalue weighted by Gasteiger charge is -2.50. The van der Waals surface area contributed by atoms with E-state index in [2.05, 4.69) is 36.7 Å². The normalized spacial score (nSPS) is 36.6. The highest BCUT2D eigenvalue weighted by atomic mass is 16.6. The Labute approximate surface area is 270 Å². The number of carbonyl (C=O) groups is 1. The van der Waals surface area contributed by atoms with Gasteiger partial charge in [-0.1, -0.05) is 97.8 Å². The molecule has 1 aliphatic heterocycles. The maximum absolute atomic E-state index is 12.1. The van der Waals surface area contributed by atoms with Gasteiger partial charge < -0.3 is 14.6 Å². The van der Waals surface area contributed by atoms with Crippen LogP contribution in [0, 0.1) is 29.6 Å². The topological polar surface area (TPSA) is 91.9 Å². The first-order chi connectivity index (χ1) is 21.4. The van der Waals surface area contributed by atoms with Crippen molar-refractivity contribution in [1.82, 2.24) is 16.0 Å². The van der Waals surface area contributed by atoms with Crippen molar-refractivity contribution in [2.45, 2.75) is 186 Å². The van der Waals surface area contributed by atoms with Gasteiger partial charge in [0.25, 0.3) is 0 Å². The molecule has 0 spiro atoms. The molecule has 7 nitrogen and oxygen atoms in total. The molecule has 0 radical (unpaired) electrons. The summed E-state index contributed by atoms with van der Waals surface area (Å²) in [6, 6.07) is 0. The Morgan fingerprint density at radius 2 is 1.18 bits per heavy atom. The summed E-state index contributed by atoms with van der Waals surface area (Å²) in [5.74, 6) is 3.11. The first-order valence-corrected chi connectivity index (χ1v) is 19.2. The summed E-state index contributed by atoms with van der Waals surface area (Å²) < 4.78 is 11.5. The van der Waals surface area contributed by atoms with Gasteiger partial charge in [-0.2, -0.15) is 0 Å². The molecule has 3 aliphatic carbocycles. The van der Waals surface area contributed by atoms with Gasteiger partial charge >= 0.3 is 5.97 Å². The van der Waals surface area contributed by atoms with E-state index in [1.165, 1.54) is 96.3 Å². The molecule has 0 amide bonds. The summed E-state index contributed by atoms with van der Waals surface area (Å²) in [6.07, 6.45) is 25.2. The summed E-state index contributed by atoms with van der Waals surface area (Å²) in [7, 11) is 0. The third-order valence-electron chi connectivity index (χ3n) is 11.6. The molecule has 5 unspecified atom stereocenters. The predicted octanol–water partition coefficient (Wildman–Crippen LogP) is 7.41. The Bertz CT molecular complexity index is 753. The van der Waals surface area contributed by atoms with Crippen molar-refractivity contribution in [2.75, 3.05) is 13.2 Å². The average molecular weight is 620 g/mol. The van der Waals surface area contributed by atoms with Gasteiger partial charge in [-0.25, -0.2) is 0 Å². The van der Waals surface area contributed by atoms with Crippen LogP contribution in [0.5, 0.6) is 0 Å². The van der Waals surface area contributed by atoms with Gasteiger partial charge in [0, 0.05) is 12.3 Å². The number of nitrogens with one attached hydrogen (secondary N) is 3. The van der Waals surface area contributed by atoms with Crippen LogP contribution in [-0.2, 0) is 14.3 Å². The first kappa shape index (κ1) is 36.1. The van der Waals surface area contributed by atoms with Gasteiger partial charge in [0.2, 0.25) is 0 Å². The first-order valence-electron chi connectivity index (χ1n) is 19.2. The second-order valence-corrected chi connectivity index (χ2v) is 15.3. The summed E-state index contributed by atoms with van der Waals surface area (Å²) in [5, 5.41) is 23.3. The summed E-state index contributed by atoms with van der Waals surface area (Å²) in [6.45, 7) is 7.78. The van der Waals surface area contributed by atoms with Crippen molar-refractivity contribution < 1.29 is 19.4 Å². The lowest BCUT2D eigenvalue weighted by Crippen LogP contribution is -2.73. The molecule has 1 heterocycles. The van der Waals surface area contributed by atoms with Crippen LogP contribution >= 0.6 is 0 Å². The van der Waals surface area contributed by atoms with E-state index in [9.17, 15) is 9.90 Å². The van der Waals surface area contributed by atoms with E-state index in [-0.39, 0.29) is 24.2 Å². The number of hydrogen-bond donors (Lipinski definition) is 4. The van der Waals surface area contributed by atoms with Crippen molar-refractivity contribution in [3.05, 3.63) is 0 Å².